The van der Waals surface area contributed by atoms with Crippen LogP contribution in [0, 0.1) is 5.41 Å². The second kappa shape index (κ2) is 2.91. The average molecular weight is 264 g/mol. The van der Waals surface area contributed by atoms with Crippen LogP contribution < -0.4 is 0 Å². The molecule has 2 aliphatic carbocycles. The largest absolute Gasteiger partial charge is 0.452 e. The summed E-state index contributed by atoms with van der Waals surface area (Å²) >= 11 is 0. The zero-order valence-corrected chi connectivity index (χ0v) is 11.5. The van der Waals surface area contributed by atoms with Crippen molar-refractivity contribution >= 4 is 5.97 Å². The van der Waals surface area contributed by atoms with Gasteiger partial charge in [-0.25, -0.2) is 4.79 Å². The van der Waals surface area contributed by atoms with Crippen LogP contribution in [0.1, 0.15) is 46.0 Å². The van der Waals surface area contributed by atoms with Crippen molar-refractivity contribution in [3.63, 3.8) is 0 Å². The topological polar surface area (TPSA) is 59.1 Å². The Hall–Kier alpha value is -0.870. The monoisotopic (exact) mass is 264 g/mol. The van der Waals surface area contributed by atoms with Crippen molar-refractivity contribution in [3.05, 3.63) is 12.2 Å². The third kappa shape index (κ3) is 1.02. The Morgan fingerprint density at radius 3 is 2.74 bits per heavy atom. The Kier molecular flexibility index (Phi) is 1.83. The van der Waals surface area contributed by atoms with Crippen LogP contribution >= 0.6 is 0 Å². The maximum absolute atomic E-state index is 11.9. The molecule has 2 saturated heterocycles. The molecule has 2 saturated carbocycles. The quantitative estimate of drug-likeness (QED) is 0.411. The van der Waals surface area contributed by atoms with Crippen molar-refractivity contribution in [2.45, 2.75) is 68.9 Å². The van der Waals surface area contributed by atoms with Crippen molar-refractivity contribution in [1.82, 2.24) is 0 Å². The fraction of sp³-hybridized carbons (Fsp3) is 0.800. The number of esters is 1. The van der Waals surface area contributed by atoms with Crippen LogP contribution in [0.15, 0.2) is 12.2 Å². The summed E-state index contributed by atoms with van der Waals surface area (Å²) in [6, 6.07) is 0. The van der Waals surface area contributed by atoms with Gasteiger partial charge in [0.1, 0.15) is 11.2 Å². The first-order chi connectivity index (χ1) is 8.79. The first kappa shape index (κ1) is 11.9. The number of hydrogen-bond donors (Lipinski definition) is 1. The maximum atomic E-state index is 11.9. The fourth-order valence-corrected chi connectivity index (χ4v) is 5.07. The molecule has 0 aromatic heterocycles. The molecule has 4 fully saturated rings. The van der Waals surface area contributed by atoms with Crippen molar-refractivity contribution in [2.24, 2.45) is 5.41 Å². The lowest BCUT2D eigenvalue weighted by Crippen LogP contribution is -2.63. The molecule has 0 aromatic rings. The minimum Gasteiger partial charge on any atom is -0.452 e. The van der Waals surface area contributed by atoms with E-state index in [4.69, 9.17) is 9.47 Å². The van der Waals surface area contributed by atoms with Crippen molar-refractivity contribution in [1.29, 1.82) is 0 Å². The number of rotatable bonds is 0. The predicted molar refractivity (Wildman–Crippen MR) is 67.4 cm³/mol. The molecule has 2 unspecified atom stereocenters. The molecule has 104 valence electrons. The van der Waals surface area contributed by atoms with Crippen LogP contribution in [0.25, 0.3) is 0 Å². The van der Waals surface area contributed by atoms with Crippen molar-refractivity contribution in [3.8, 4) is 0 Å². The Morgan fingerprint density at radius 2 is 2.00 bits per heavy atom. The van der Waals surface area contributed by atoms with Gasteiger partial charge < -0.3 is 14.6 Å². The first-order valence-electron chi connectivity index (χ1n) is 7.12. The number of carbonyl (C=O) groups excluding carboxylic acids is 1. The molecule has 1 N–H and O–H groups in total. The zero-order chi connectivity index (χ0) is 13.7. The summed E-state index contributed by atoms with van der Waals surface area (Å²) in [6.45, 7) is 8.05. The van der Waals surface area contributed by atoms with Gasteiger partial charge in [-0.2, -0.15) is 0 Å². The van der Waals surface area contributed by atoms with E-state index < -0.39 is 23.3 Å². The summed E-state index contributed by atoms with van der Waals surface area (Å²) in [7, 11) is 0. The lowest BCUT2D eigenvalue weighted by Gasteiger charge is -2.51. The molecule has 0 aromatic carbocycles. The summed E-state index contributed by atoms with van der Waals surface area (Å²) in [4.78, 5) is 11.9. The number of fused-ring (bicyclic) bond motifs is 1. The van der Waals surface area contributed by atoms with Gasteiger partial charge in [-0.15, -0.1) is 0 Å². The van der Waals surface area contributed by atoms with E-state index in [1.807, 2.05) is 0 Å². The molecule has 19 heavy (non-hydrogen) atoms. The van der Waals surface area contributed by atoms with Crippen molar-refractivity contribution in [2.75, 3.05) is 0 Å². The number of hydrogen-bond acceptors (Lipinski definition) is 4. The summed E-state index contributed by atoms with van der Waals surface area (Å²) in [5.41, 5.74) is -1.81. The van der Waals surface area contributed by atoms with Crippen LogP contribution in [-0.4, -0.2) is 34.0 Å². The second-order valence-corrected chi connectivity index (χ2v) is 7.17. The van der Waals surface area contributed by atoms with Crippen molar-refractivity contribution < 1.29 is 19.4 Å². The second-order valence-electron chi connectivity index (χ2n) is 7.17. The molecule has 2 heterocycles. The van der Waals surface area contributed by atoms with Gasteiger partial charge in [-0.3, -0.25) is 0 Å². The highest BCUT2D eigenvalue weighted by atomic mass is 16.7. The van der Waals surface area contributed by atoms with Gasteiger partial charge in [-0.1, -0.05) is 13.5 Å². The van der Waals surface area contributed by atoms with E-state index in [-0.39, 0.29) is 16.6 Å². The number of aliphatic hydroxyl groups is 1. The van der Waals surface area contributed by atoms with E-state index >= 15 is 0 Å². The lowest BCUT2D eigenvalue weighted by atomic mass is 9.52. The highest BCUT2D eigenvalue weighted by Gasteiger charge is 2.85. The fourth-order valence-electron chi connectivity index (χ4n) is 5.07. The summed E-state index contributed by atoms with van der Waals surface area (Å²) in [5.74, 6) is -0.463. The number of ether oxygens (including phenoxy) is 2. The molecule has 1 spiro atoms. The maximum Gasteiger partial charge on any atom is 0.336 e. The van der Waals surface area contributed by atoms with Gasteiger partial charge in [0.15, 0.2) is 6.10 Å². The molecule has 5 atom stereocenters. The first-order valence-corrected chi connectivity index (χ1v) is 7.12. The van der Waals surface area contributed by atoms with Gasteiger partial charge in [-0.05, 0) is 39.0 Å². The summed E-state index contributed by atoms with van der Waals surface area (Å²) < 4.78 is 11.7. The molecule has 2 aliphatic heterocycles. The molecule has 4 rings (SSSR count). The molecule has 4 nitrogen and oxygen atoms in total. The van der Waals surface area contributed by atoms with Crippen LogP contribution in [0.4, 0.5) is 0 Å². The number of carbonyl (C=O) groups is 1. The van der Waals surface area contributed by atoms with Gasteiger partial charge in [0.2, 0.25) is 0 Å². The predicted octanol–water partition coefficient (Wildman–Crippen LogP) is 1.71. The van der Waals surface area contributed by atoms with Crippen LogP contribution in [0.2, 0.25) is 0 Å². The Balaban J connectivity index is 1.87. The van der Waals surface area contributed by atoms with E-state index in [0.717, 1.165) is 25.7 Å². The van der Waals surface area contributed by atoms with Crippen LogP contribution in [-0.2, 0) is 14.3 Å². The summed E-state index contributed by atoms with van der Waals surface area (Å²) in [5, 5.41) is 10.9. The molecule has 4 aliphatic rings. The highest BCUT2D eigenvalue weighted by molar-refractivity contribution is 5.93. The average Bonchev–Trinajstić information content (AvgIpc) is 2.92. The number of epoxide rings is 1. The minimum atomic E-state index is -1.23. The molecule has 0 bridgehead atoms. The molecule has 0 amide bonds. The van der Waals surface area contributed by atoms with Crippen LogP contribution in [0.3, 0.4) is 0 Å². The van der Waals surface area contributed by atoms with E-state index in [1.165, 1.54) is 0 Å². The highest BCUT2D eigenvalue weighted by Crippen LogP contribution is 2.73. The zero-order valence-electron chi connectivity index (χ0n) is 11.5. The standard InChI is InChI=1S/C15H20O4/c1-9-10(16)18-11-14(9,17)8-7-12(2)5-4-6-13(3)15(11,12)19-13/h11,17H,1,4-8H2,2-3H3/t11-,12-,13?,14-,15?/m1/s1. The Labute approximate surface area is 112 Å². The Morgan fingerprint density at radius 1 is 1.26 bits per heavy atom. The molecular formula is C15H20O4. The van der Waals surface area contributed by atoms with E-state index in [1.54, 1.807) is 0 Å². The normalized spacial score (nSPS) is 59.0. The summed E-state index contributed by atoms with van der Waals surface area (Å²) in [6.07, 6.45) is 3.99. The third-order valence-corrected chi connectivity index (χ3v) is 6.26. The van der Waals surface area contributed by atoms with Gasteiger partial charge >= 0.3 is 5.97 Å². The third-order valence-electron chi connectivity index (χ3n) is 6.26. The molecule has 4 heteroatoms. The molecular weight excluding hydrogens is 244 g/mol. The molecule has 0 radical (unpaired) electrons. The van der Waals surface area contributed by atoms with E-state index in [0.29, 0.717) is 6.42 Å². The van der Waals surface area contributed by atoms with Gasteiger partial charge in [0.05, 0.1) is 11.2 Å². The smallest absolute Gasteiger partial charge is 0.336 e. The lowest BCUT2D eigenvalue weighted by molar-refractivity contribution is -0.165. The van der Waals surface area contributed by atoms with Gasteiger partial charge in [0.25, 0.3) is 0 Å². The van der Waals surface area contributed by atoms with Gasteiger partial charge in [0, 0.05) is 5.41 Å². The SMILES string of the molecule is C=C1C(=O)O[C@H]2C34OC3(C)CCC[C@]4(C)CC[C@@]12O. The minimum absolute atomic E-state index is 0.0121. The van der Waals surface area contributed by atoms with Crippen LogP contribution in [0.5, 0.6) is 0 Å². The Bertz CT molecular complexity index is 514. The van der Waals surface area contributed by atoms with E-state index in [9.17, 15) is 9.90 Å². The van der Waals surface area contributed by atoms with E-state index in [2.05, 4.69) is 20.4 Å².